The second-order valence-electron chi connectivity index (χ2n) is 8.02. The van der Waals surface area contributed by atoms with Crippen LogP contribution in [0.15, 0.2) is 38.0 Å². The summed E-state index contributed by atoms with van der Waals surface area (Å²) >= 11 is 0. The van der Waals surface area contributed by atoms with Gasteiger partial charge in [0.15, 0.2) is 0 Å². The minimum atomic E-state index is -3.79. The van der Waals surface area contributed by atoms with Crippen molar-refractivity contribution in [2.24, 2.45) is 0 Å². The van der Waals surface area contributed by atoms with E-state index >= 15 is 0 Å². The Morgan fingerprint density at radius 3 is 0.976 bits per heavy atom. The summed E-state index contributed by atoms with van der Waals surface area (Å²) in [7, 11) is -3.79. The largest absolute Gasteiger partial charge is 0.474 e. The lowest BCUT2D eigenvalue weighted by Gasteiger charge is -2.18. The molecule has 0 rings (SSSR count). The van der Waals surface area contributed by atoms with Crippen molar-refractivity contribution in [1.29, 1.82) is 0 Å². The van der Waals surface area contributed by atoms with Crippen molar-refractivity contribution in [2.75, 3.05) is 79.3 Å². The minimum absolute atomic E-state index is 0.139. The molecular formula is C27H45O13P. The molecule has 0 amide bonds. The second-order valence-corrected chi connectivity index (χ2v) is 9.69. The van der Waals surface area contributed by atoms with E-state index in [1.807, 2.05) is 0 Å². The normalized spacial score (nSPS) is 11.0. The van der Waals surface area contributed by atoms with Crippen molar-refractivity contribution in [3.05, 3.63) is 38.0 Å². The van der Waals surface area contributed by atoms with Gasteiger partial charge in [-0.05, 0) is 38.5 Å². The van der Waals surface area contributed by atoms with Crippen molar-refractivity contribution < 1.29 is 60.9 Å². The number of carbonyl (C=O) groups excluding carboxylic acids is 3. The molecule has 41 heavy (non-hydrogen) atoms. The van der Waals surface area contributed by atoms with Crippen LogP contribution in [0.3, 0.4) is 0 Å². The van der Waals surface area contributed by atoms with Crippen LogP contribution in [-0.2, 0) is 60.9 Å². The van der Waals surface area contributed by atoms with Gasteiger partial charge in [-0.25, -0.2) is 18.9 Å². The van der Waals surface area contributed by atoms with E-state index in [4.69, 9.17) is 42.0 Å². The van der Waals surface area contributed by atoms with Crippen molar-refractivity contribution in [3.8, 4) is 0 Å². The molecule has 0 spiro atoms. The fourth-order valence-corrected chi connectivity index (χ4v) is 3.93. The maximum atomic E-state index is 13.1. The summed E-state index contributed by atoms with van der Waals surface area (Å²) in [5.41, 5.74) is 0. The van der Waals surface area contributed by atoms with Crippen LogP contribution >= 0.6 is 7.82 Å². The van der Waals surface area contributed by atoms with Crippen molar-refractivity contribution in [1.82, 2.24) is 0 Å². The quantitative estimate of drug-likeness (QED) is 0.0383. The number of hydrogen-bond acceptors (Lipinski definition) is 13. The molecule has 0 saturated heterocycles. The van der Waals surface area contributed by atoms with E-state index in [0.29, 0.717) is 58.3 Å². The molecule has 0 aromatic carbocycles. The van der Waals surface area contributed by atoms with Gasteiger partial charge in [-0.1, -0.05) is 19.7 Å². The van der Waals surface area contributed by atoms with Gasteiger partial charge in [0, 0.05) is 38.0 Å². The number of unbranched alkanes of at least 4 members (excludes halogenated alkanes) is 3. The zero-order valence-corrected chi connectivity index (χ0v) is 24.7. The smallest absolute Gasteiger partial charge is 0.460 e. The molecule has 0 N–H and O–H groups in total. The highest BCUT2D eigenvalue weighted by Crippen LogP contribution is 2.49. The topological polar surface area (TPSA) is 151 Å². The number of hydrogen-bond donors (Lipinski definition) is 0. The number of phosphoric acid groups is 1. The van der Waals surface area contributed by atoms with E-state index < -0.39 is 25.7 Å². The van der Waals surface area contributed by atoms with Gasteiger partial charge in [0.25, 0.3) is 0 Å². The van der Waals surface area contributed by atoms with Crippen LogP contribution in [0, 0.1) is 0 Å². The zero-order valence-electron chi connectivity index (χ0n) is 23.8. The lowest BCUT2D eigenvalue weighted by Crippen LogP contribution is -2.10. The maximum Gasteiger partial charge on any atom is 0.474 e. The van der Waals surface area contributed by atoms with E-state index in [1.54, 1.807) is 0 Å². The number of carbonyl (C=O) groups is 3. The number of phosphoric ester groups is 1. The van der Waals surface area contributed by atoms with Crippen molar-refractivity contribution >= 4 is 25.7 Å². The Labute approximate surface area is 242 Å². The van der Waals surface area contributed by atoms with Gasteiger partial charge in [0.05, 0.1) is 39.6 Å². The number of ether oxygens (including phenoxy) is 6. The van der Waals surface area contributed by atoms with Crippen molar-refractivity contribution in [3.63, 3.8) is 0 Å². The van der Waals surface area contributed by atoms with E-state index in [1.165, 1.54) is 0 Å². The van der Waals surface area contributed by atoms with E-state index in [9.17, 15) is 18.9 Å². The van der Waals surface area contributed by atoms with Crippen LogP contribution in [0.1, 0.15) is 38.5 Å². The molecule has 14 heteroatoms. The summed E-state index contributed by atoms with van der Waals surface area (Å²) in [6, 6.07) is 0. The second kappa shape index (κ2) is 27.8. The Hall–Kier alpha value is -2.38. The van der Waals surface area contributed by atoms with E-state index in [0.717, 1.165) is 18.2 Å². The molecular weight excluding hydrogens is 563 g/mol. The van der Waals surface area contributed by atoms with Crippen LogP contribution < -0.4 is 0 Å². The Balaban J connectivity index is 4.21. The van der Waals surface area contributed by atoms with Gasteiger partial charge in [-0.3, -0.25) is 13.6 Å². The Morgan fingerprint density at radius 2 is 0.707 bits per heavy atom. The third-order valence-corrected chi connectivity index (χ3v) is 6.21. The Bertz CT molecular complexity index is 687. The Kier molecular flexibility index (Phi) is 26.2. The summed E-state index contributed by atoms with van der Waals surface area (Å²) in [6.45, 7) is 12.8. The molecule has 0 bridgehead atoms. The lowest BCUT2D eigenvalue weighted by atomic mass is 10.3. The SMILES string of the molecule is C=CC(=O)OCCOCCCCOP(=O)(OCCCCOCCOC(=O)C=C)OCCCCOCCOC(=O)C=C. The van der Waals surface area contributed by atoms with Gasteiger partial charge in [-0.2, -0.15) is 0 Å². The molecule has 13 nitrogen and oxygen atoms in total. The molecule has 0 unspecified atom stereocenters. The molecule has 0 atom stereocenters. The zero-order chi connectivity index (χ0) is 30.4. The standard InChI is InChI=1S/C27H45O13P/c1-4-25(28)35-22-19-32-13-7-10-16-38-41(31,39-17-11-8-14-33-20-23-36-26(29)5-2)40-18-12-9-15-34-21-24-37-27(30)6-3/h4-6H,1-3,7-24H2. The first-order valence-corrected chi connectivity index (χ1v) is 15.0. The molecule has 0 aromatic rings. The summed E-state index contributed by atoms with van der Waals surface area (Å²) < 4.78 is 60.1. The average Bonchev–Trinajstić information content (AvgIpc) is 2.97. The monoisotopic (exact) mass is 608 g/mol. The van der Waals surface area contributed by atoms with Gasteiger partial charge in [0.1, 0.15) is 19.8 Å². The molecule has 0 heterocycles. The van der Waals surface area contributed by atoms with Gasteiger partial charge >= 0.3 is 25.7 Å². The molecule has 0 aliphatic heterocycles. The molecule has 0 fully saturated rings. The van der Waals surface area contributed by atoms with Crippen LogP contribution in [0.2, 0.25) is 0 Å². The van der Waals surface area contributed by atoms with Gasteiger partial charge < -0.3 is 28.4 Å². The summed E-state index contributed by atoms with van der Waals surface area (Å²) in [6.07, 6.45) is 6.81. The molecule has 0 aliphatic rings. The van der Waals surface area contributed by atoms with Crippen LogP contribution in [-0.4, -0.2) is 97.2 Å². The highest BCUT2D eigenvalue weighted by atomic mass is 31.2. The first kappa shape index (κ1) is 38.6. The van der Waals surface area contributed by atoms with E-state index in [2.05, 4.69) is 19.7 Å². The fourth-order valence-electron chi connectivity index (χ4n) is 2.65. The van der Waals surface area contributed by atoms with Crippen LogP contribution in [0.5, 0.6) is 0 Å². The number of rotatable bonds is 30. The lowest BCUT2D eigenvalue weighted by molar-refractivity contribution is -0.140. The highest BCUT2D eigenvalue weighted by Gasteiger charge is 2.26. The molecule has 0 radical (unpaired) electrons. The Morgan fingerprint density at radius 1 is 0.439 bits per heavy atom. The predicted molar refractivity (Wildman–Crippen MR) is 149 cm³/mol. The molecule has 0 aromatic heterocycles. The third kappa shape index (κ3) is 26.3. The molecule has 0 saturated carbocycles. The minimum Gasteiger partial charge on any atom is -0.460 e. The predicted octanol–water partition coefficient (Wildman–Crippen LogP) is 3.72. The first-order valence-electron chi connectivity index (χ1n) is 13.5. The molecule has 236 valence electrons. The summed E-state index contributed by atoms with van der Waals surface area (Å²) in [5.74, 6) is -1.51. The number of esters is 3. The van der Waals surface area contributed by atoms with Gasteiger partial charge in [0.2, 0.25) is 0 Å². The fraction of sp³-hybridized carbons (Fsp3) is 0.667. The maximum absolute atomic E-state index is 13.1. The van der Waals surface area contributed by atoms with Gasteiger partial charge in [-0.15, -0.1) is 0 Å². The summed E-state index contributed by atoms with van der Waals surface area (Å²) in [4.78, 5) is 32.9. The van der Waals surface area contributed by atoms with Crippen molar-refractivity contribution in [2.45, 2.75) is 38.5 Å². The van der Waals surface area contributed by atoms with Crippen LogP contribution in [0.25, 0.3) is 0 Å². The highest BCUT2D eigenvalue weighted by molar-refractivity contribution is 7.48. The first-order chi connectivity index (χ1) is 19.9. The average molecular weight is 609 g/mol. The molecule has 0 aliphatic carbocycles. The van der Waals surface area contributed by atoms with Crippen LogP contribution in [0.4, 0.5) is 0 Å². The summed E-state index contributed by atoms with van der Waals surface area (Å²) in [5, 5.41) is 0. The van der Waals surface area contributed by atoms with E-state index in [-0.39, 0.29) is 59.5 Å². The third-order valence-electron chi connectivity index (χ3n) is 4.71.